The molecule has 1 aromatic heterocycles. The fraction of sp³-hybridized carbons (Fsp3) is 0.214. The normalized spacial score (nSPS) is 14.6. The second-order valence-corrected chi connectivity index (χ2v) is 8.53. The number of benzene rings is 3. The summed E-state index contributed by atoms with van der Waals surface area (Å²) in [5.41, 5.74) is 8.08. The highest BCUT2D eigenvalue weighted by atomic mass is 16.2. The number of H-pyrrole nitrogens is 1. The van der Waals surface area contributed by atoms with E-state index >= 15 is 0 Å². The lowest BCUT2D eigenvalue weighted by Crippen LogP contribution is -2.47. The van der Waals surface area contributed by atoms with Crippen molar-refractivity contribution >= 4 is 28.7 Å². The molecule has 2 N–H and O–H groups in total. The summed E-state index contributed by atoms with van der Waals surface area (Å²) in [6.07, 6.45) is 2.18. The highest BCUT2D eigenvalue weighted by molar-refractivity contribution is 6.06. The number of aromatic nitrogens is 1. The highest BCUT2D eigenvalue weighted by Gasteiger charge is 2.17. The zero-order valence-corrected chi connectivity index (χ0v) is 19.2. The van der Waals surface area contributed by atoms with Crippen LogP contribution in [0.25, 0.3) is 22.2 Å². The Morgan fingerprint density at radius 3 is 2.32 bits per heavy atom. The number of nitrogens with one attached hydrogen (secondary N) is 2. The lowest BCUT2D eigenvalue weighted by atomic mass is 10.1. The van der Waals surface area contributed by atoms with Crippen molar-refractivity contribution in [3.05, 3.63) is 90.5 Å². The molecule has 34 heavy (non-hydrogen) atoms. The van der Waals surface area contributed by atoms with Gasteiger partial charge in [0.05, 0.1) is 11.9 Å². The number of hydrogen-bond acceptors (Lipinski definition) is 4. The molecule has 0 radical (unpaired) electrons. The number of hydrogen-bond donors (Lipinski definition) is 2. The van der Waals surface area contributed by atoms with Crippen LogP contribution < -0.4 is 10.3 Å². The number of fused-ring (bicyclic) bond motifs is 1. The van der Waals surface area contributed by atoms with E-state index in [1.54, 1.807) is 6.21 Å². The molecule has 0 spiro atoms. The van der Waals surface area contributed by atoms with Crippen molar-refractivity contribution in [3.63, 3.8) is 0 Å². The lowest BCUT2D eigenvalue weighted by molar-refractivity contribution is -0.121. The molecule has 172 valence electrons. The molecule has 0 bridgehead atoms. The number of carbonyl (C=O) groups excluding carboxylic acids is 1. The molecule has 2 heterocycles. The quantitative estimate of drug-likeness (QED) is 0.321. The molecule has 0 aliphatic carbocycles. The van der Waals surface area contributed by atoms with Crippen molar-refractivity contribution in [2.45, 2.75) is 6.42 Å². The van der Waals surface area contributed by atoms with E-state index in [4.69, 9.17) is 0 Å². The largest absolute Gasteiger partial charge is 0.369 e. The zero-order chi connectivity index (χ0) is 23.2. The fourth-order valence-electron chi connectivity index (χ4n) is 4.48. The minimum absolute atomic E-state index is 0.0668. The number of nitrogens with zero attached hydrogens (tertiary/aromatic N) is 3. The molecule has 0 unspecified atom stereocenters. The smallest absolute Gasteiger partial charge is 0.241 e. The van der Waals surface area contributed by atoms with Gasteiger partial charge in [0.1, 0.15) is 0 Å². The first-order valence-electron chi connectivity index (χ1n) is 11.8. The van der Waals surface area contributed by atoms with Crippen LogP contribution in [0.5, 0.6) is 0 Å². The van der Waals surface area contributed by atoms with Gasteiger partial charge in [0.15, 0.2) is 0 Å². The van der Waals surface area contributed by atoms with Gasteiger partial charge in [-0.2, -0.15) is 5.10 Å². The van der Waals surface area contributed by atoms with Gasteiger partial charge < -0.3 is 9.88 Å². The molecule has 1 fully saturated rings. The average Bonchev–Trinajstić information content (AvgIpc) is 3.27. The van der Waals surface area contributed by atoms with Gasteiger partial charge in [-0.05, 0) is 23.8 Å². The van der Waals surface area contributed by atoms with Crippen molar-refractivity contribution in [1.29, 1.82) is 0 Å². The SMILES string of the molecule is O=C(CCN1CCN(c2ccccc2)CC1)N/N=C/c1c(-c2ccccc2)[nH]c2ccccc12. The molecule has 1 aliphatic heterocycles. The Bertz CT molecular complexity index is 1260. The third kappa shape index (κ3) is 5.02. The van der Waals surface area contributed by atoms with Crippen LogP contribution in [0.1, 0.15) is 12.0 Å². The van der Waals surface area contributed by atoms with Crippen LogP contribution in [-0.2, 0) is 4.79 Å². The molecular formula is C28H29N5O. The predicted molar refractivity (Wildman–Crippen MR) is 139 cm³/mol. The summed E-state index contributed by atoms with van der Waals surface area (Å²) in [6.45, 7) is 4.62. The van der Waals surface area contributed by atoms with Crippen LogP contribution in [0.3, 0.4) is 0 Å². The first-order chi connectivity index (χ1) is 16.8. The summed E-state index contributed by atoms with van der Waals surface area (Å²) in [5.74, 6) is -0.0668. The summed E-state index contributed by atoms with van der Waals surface area (Å²) in [6, 6.07) is 28.8. The third-order valence-electron chi connectivity index (χ3n) is 6.34. The summed E-state index contributed by atoms with van der Waals surface area (Å²) in [4.78, 5) is 20.7. The number of para-hydroxylation sites is 2. The van der Waals surface area contributed by atoms with E-state index in [0.29, 0.717) is 6.42 Å². The summed E-state index contributed by atoms with van der Waals surface area (Å²) < 4.78 is 0. The van der Waals surface area contributed by atoms with Crippen molar-refractivity contribution < 1.29 is 4.79 Å². The first kappa shape index (κ1) is 21.9. The number of piperazine rings is 1. The average molecular weight is 452 g/mol. The monoisotopic (exact) mass is 451 g/mol. The molecule has 6 nitrogen and oxygen atoms in total. The Balaban J connectivity index is 1.17. The van der Waals surface area contributed by atoms with E-state index in [1.165, 1.54) is 5.69 Å². The van der Waals surface area contributed by atoms with Crippen molar-refractivity contribution in [2.24, 2.45) is 5.10 Å². The van der Waals surface area contributed by atoms with Crippen LogP contribution in [0.2, 0.25) is 0 Å². The van der Waals surface area contributed by atoms with Crippen LogP contribution in [0.15, 0.2) is 90.0 Å². The Morgan fingerprint density at radius 1 is 0.882 bits per heavy atom. The maximum absolute atomic E-state index is 12.4. The van der Waals surface area contributed by atoms with E-state index in [1.807, 2.05) is 36.4 Å². The topological polar surface area (TPSA) is 63.7 Å². The highest BCUT2D eigenvalue weighted by Crippen LogP contribution is 2.28. The minimum atomic E-state index is -0.0668. The number of hydrazone groups is 1. The van der Waals surface area contributed by atoms with Gasteiger partial charge in [0.25, 0.3) is 0 Å². The molecule has 6 heteroatoms. The summed E-state index contributed by atoms with van der Waals surface area (Å²) >= 11 is 0. The number of aromatic amines is 1. The predicted octanol–water partition coefficient (Wildman–Crippen LogP) is 4.50. The molecule has 1 aliphatic rings. The van der Waals surface area contributed by atoms with Crippen LogP contribution in [0.4, 0.5) is 5.69 Å². The second-order valence-electron chi connectivity index (χ2n) is 8.53. The van der Waals surface area contributed by atoms with Gasteiger partial charge >= 0.3 is 0 Å². The molecule has 0 saturated carbocycles. The molecule has 5 rings (SSSR count). The summed E-state index contributed by atoms with van der Waals surface area (Å²) in [5, 5.41) is 5.37. The van der Waals surface area contributed by atoms with Gasteiger partial charge in [-0.3, -0.25) is 9.69 Å². The van der Waals surface area contributed by atoms with E-state index in [9.17, 15) is 4.79 Å². The summed E-state index contributed by atoms with van der Waals surface area (Å²) in [7, 11) is 0. The fourth-order valence-corrected chi connectivity index (χ4v) is 4.48. The van der Waals surface area contributed by atoms with Gasteiger partial charge in [0, 0.05) is 61.3 Å². The van der Waals surface area contributed by atoms with Crippen LogP contribution in [-0.4, -0.2) is 54.7 Å². The van der Waals surface area contributed by atoms with E-state index in [0.717, 1.165) is 60.4 Å². The molecule has 1 amide bonds. The van der Waals surface area contributed by atoms with Gasteiger partial charge in [-0.1, -0.05) is 66.7 Å². The van der Waals surface area contributed by atoms with Crippen LogP contribution >= 0.6 is 0 Å². The Hall–Kier alpha value is -3.90. The number of rotatable bonds is 7. The maximum atomic E-state index is 12.4. The second kappa shape index (κ2) is 10.4. The van der Waals surface area contributed by atoms with E-state index in [-0.39, 0.29) is 5.91 Å². The Labute approximate surface area is 199 Å². The number of amides is 1. The van der Waals surface area contributed by atoms with Gasteiger partial charge in [-0.15, -0.1) is 0 Å². The zero-order valence-electron chi connectivity index (χ0n) is 19.2. The molecule has 3 aromatic carbocycles. The van der Waals surface area contributed by atoms with Crippen molar-refractivity contribution in [3.8, 4) is 11.3 Å². The lowest BCUT2D eigenvalue weighted by Gasteiger charge is -2.36. The Morgan fingerprint density at radius 2 is 1.56 bits per heavy atom. The van der Waals surface area contributed by atoms with E-state index in [2.05, 4.69) is 73.8 Å². The number of anilines is 1. The third-order valence-corrected chi connectivity index (χ3v) is 6.34. The number of carbonyl (C=O) groups is 1. The maximum Gasteiger partial charge on any atom is 0.241 e. The van der Waals surface area contributed by atoms with Crippen LogP contribution in [0, 0.1) is 0 Å². The molecule has 4 aromatic rings. The van der Waals surface area contributed by atoms with Crippen molar-refractivity contribution in [1.82, 2.24) is 15.3 Å². The standard InChI is InChI=1S/C28H29N5O/c34-27(15-16-32-17-19-33(20-18-32)23-11-5-2-6-12-23)31-29-21-25-24-13-7-8-14-26(24)30-28(25)22-9-3-1-4-10-22/h1-14,21,30H,15-20H2,(H,31,34)/b29-21+. The van der Waals surface area contributed by atoms with E-state index < -0.39 is 0 Å². The Kier molecular flexibility index (Phi) is 6.68. The first-order valence-corrected chi connectivity index (χ1v) is 11.8. The molecular weight excluding hydrogens is 422 g/mol. The van der Waals surface area contributed by atoms with Gasteiger partial charge in [0.2, 0.25) is 5.91 Å². The van der Waals surface area contributed by atoms with Crippen molar-refractivity contribution in [2.75, 3.05) is 37.6 Å². The minimum Gasteiger partial charge on any atom is -0.369 e. The molecule has 0 atom stereocenters. The van der Waals surface area contributed by atoms with Gasteiger partial charge in [-0.25, -0.2) is 5.43 Å². The molecule has 1 saturated heterocycles.